The van der Waals surface area contributed by atoms with E-state index in [4.69, 9.17) is 22.3 Å². The number of H-pyrrole nitrogens is 1. The Labute approximate surface area is 258 Å². The number of aliphatic carboxylic acids is 2. The summed E-state index contributed by atoms with van der Waals surface area (Å²) in [5.41, 5.74) is 19.3. The van der Waals surface area contributed by atoms with Crippen molar-refractivity contribution >= 4 is 46.5 Å². The van der Waals surface area contributed by atoms with Crippen molar-refractivity contribution < 1.29 is 34.2 Å². The fourth-order valence-corrected chi connectivity index (χ4v) is 4.66. The minimum absolute atomic E-state index is 0.0265. The standard InChI is InChI=1S/C30H38N8O7/c31-20(13-17-7-2-1-3-8-17)26(41)37-23(14-18-16-35-21-10-5-4-9-19(18)21)28(43)36-22(11-6-12-34-30(32)33)27(42)38-24(29(44)45)15-25(39)40/h1-5,7-10,16,20,22-24,35H,6,11-15,31H2,(H,36,43)(H,37,41)(H,38,42)(H,39,40)(H,44,45)(H4,32,33,34). The number of guanidine groups is 1. The molecular formula is C30H38N8O7. The van der Waals surface area contributed by atoms with Crippen molar-refractivity contribution in [2.24, 2.45) is 22.2 Å². The third kappa shape index (κ3) is 10.7. The summed E-state index contributed by atoms with van der Waals surface area (Å²) in [5.74, 6) is -5.45. The number of carboxylic acid groups (broad SMARTS) is 2. The number of aromatic amines is 1. The predicted molar refractivity (Wildman–Crippen MR) is 166 cm³/mol. The van der Waals surface area contributed by atoms with Gasteiger partial charge in [0.15, 0.2) is 5.96 Å². The number of nitrogens with two attached hydrogens (primary N) is 3. The highest BCUT2D eigenvalue weighted by Gasteiger charge is 2.31. The molecule has 0 radical (unpaired) electrons. The van der Waals surface area contributed by atoms with Crippen LogP contribution in [-0.2, 0) is 36.8 Å². The molecule has 0 aliphatic carbocycles. The molecule has 240 valence electrons. The number of carbonyl (C=O) groups is 5. The maximum Gasteiger partial charge on any atom is 0.326 e. The van der Waals surface area contributed by atoms with E-state index in [0.29, 0.717) is 5.56 Å². The number of para-hydroxylation sites is 1. The van der Waals surface area contributed by atoms with Crippen molar-refractivity contribution in [2.75, 3.05) is 6.54 Å². The Morgan fingerprint density at radius 2 is 1.42 bits per heavy atom. The van der Waals surface area contributed by atoms with Crippen molar-refractivity contribution in [3.8, 4) is 0 Å². The van der Waals surface area contributed by atoms with E-state index in [0.717, 1.165) is 16.5 Å². The average molecular weight is 623 g/mol. The van der Waals surface area contributed by atoms with Crippen LogP contribution in [0.25, 0.3) is 10.9 Å². The number of rotatable bonds is 17. The summed E-state index contributed by atoms with van der Waals surface area (Å²) in [7, 11) is 0. The Bertz CT molecular complexity index is 1520. The first-order chi connectivity index (χ1) is 21.4. The Kier molecular flexibility index (Phi) is 12.4. The Balaban J connectivity index is 1.85. The fraction of sp³-hybridized carbons (Fsp3) is 0.333. The van der Waals surface area contributed by atoms with Gasteiger partial charge in [-0.3, -0.25) is 24.2 Å². The summed E-state index contributed by atoms with van der Waals surface area (Å²) in [4.78, 5) is 69.8. The maximum absolute atomic E-state index is 13.7. The van der Waals surface area contributed by atoms with Crippen molar-refractivity contribution in [2.45, 2.75) is 56.3 Å². The summed E-state index contributed by atoms with van der Waals surface area (Å²) in [5, 5.41) is 26.8. The summed E-state index contributed by atoms with van der Waals surface area (Å²) in [6.45, 7) is 0.101. The number of nitrogens with one attached hydrogen (secondary N) is 4. The minimum Gasteiger partial charge on any atom is -0.481 e. The molecule has 3 amide bonds. The summed E-state index contributed by atoms with van der Waals surface area (Å²) < 4.78 is 0. The van der Waals surface area contributed by atoms with Crippen LogP contribution >= 0.6 is 0 Å². The number of aromatic nitrogens is 1. The Morgan fingerprint density at radius 3 is 2.09 bits per heavy atom. The lowest BCUT2D eigenvalue weighted by molar-refractivity contribution is -0.147. The molecule has 3 aromatic rings. The van der Waals surface area contributed by atoms with E-state index < -0.39 is 60.2 Å². The molecule has 0 bridgehead atoms. The van der Waals surface area contributed by atoms with Gasteiger partial charge in [-0.25, -0.2) is 4.79 Å². The molecule has 0 saturated heterocycles. The molecular weight excluding hydrogens is 584 g/mol. The van der Waals surface area contributed by atoms with E-state index >= 15 is 0 Å². The highest BCUT2D eigenvalue weighted by Crippen LogP contribution is 2.19. The van der Waals surface area contributed by atoms with Gasteiger partial charge < -0.3 is 48.3 Å². The molecule has 1 aromatic heterocycles. The molecule has 0 spiro atoms. The number of hydrogen-bond donors (Lipinski definition) is 9. The Morgan fingerprint density at radius 1 is 0.800 bits per heavy atom. The number of carbonyl (C=O) groups excluding carboxylic acids is 3. The van der Waals surface area contributed by atoms with Crippen LogP contribution in [0.4, 0.5) is 0 Å². The largest absolute Gasteiger partial charge is 0.481 e. The summed E-state index contributed by atoms with van der Waals surface area (Å²) >= 11 is 0. The van der Waals surface area contributed by atoms with Crippen LogP contribution in [0, 0.1) is 0 Å². The number of fused-ring (bicyclic) bond motifs is 1. The maximum atomic E-state index is 13.7. The lowest BCUT2D eigenvalue weighted by Crippen LogP contribution is -2.58. The topological polar surface area (TPSA) is 268 Å². The highest BCUT2D eigenvalue weighted by molar-refractivity contribution is 5.95. The number of benzene rings is 2. The second-order valence-corrected chi connectivity index (χ2v) is 10.4. The van der Waals surface area contributed by atoms with Gasteiger partial charge in [0.05, 0.1) is 12.5 Å². The van der Waals surface area contributed by atoms with Gasteiger partial charge in [0, 0.05) is 30.1 Å². The van der Waals surface area contributed by atoms with Gasteiger partial charge in [0.25, 0.3) is 0 Å². The number of amides is 3. The molecule has 3 rings (SSSR count). The summed E-state index contributed by atoms with van der Waals surface area (Å²) in [6.07, 6.45) is 1.24. The van der Waals surface area contributed by atoms with Gasteiger partial charge >= 0.3 is 11.9 Å². The zero-order valence-electron chi connectivity index (χ0n) is 24.4. The minimum atomic E-state index is -1.75. The SMILES string of the molecule is NC(N)=NCCCC(NC(=O)C(Cc1c[nH]c2ccccc12)NC(=O)C(N)Cc1ccccc1)C(=O)NC(CC(=O)O)C(=O)O. The van der Waals surface area contributed by atoms with E-state index in [1.54, 1.807) is 6.20 Å². The molecule has 4 unspecified atom stereocenters. The average Bonchev–Trinajstić information content (AvgIpc) is 3.40. The second-order valence-electron chi connectivity index (χ2n) is 10.4. The quantitative estimate of drug-likeness (QED) is 0.0521. The lowest BCUT2D eigenvalue weighted by atomic mass is 10.0. The third-order valence-corrected chi connectivity index (χ3v) is 6.94. The number of aliphatic imine (C=N–C) groups is 1. The van der Waals surface area contributed by atoms with Gasteiger partial charge in [0.2, 0.25) is 17.7 Å². The van der Waals surface area contributed by atoms with Crippen LogP contribution in [0.2, 0.25) is 0 Å². The first kappa shape index (κ1) is 34.1. The molecule has 45 heavy (non-hydrogen) atoms. The third-order valence-electron chi connectivity index (χ3n) is 6.94. The first-order valence-electron chi connectivity index (χ1n) is 14.2. The van der Waals surface area contributed by atoms with Gasteiger partial charge in [0.1, 0.15) is 18.1 Å². The van der Waals surface area contributed by atoms with E-state index in [-0.39, 0.29) is 38.2 Å². The van der Waals surface area contributed by atoms with E-state index in [1.165, 1.54) is 0 Å². The van der Waals surface area contributed by atoms with Gasteiger partial charge in [-0.2, -0.15) is 0 Å². The van der Waals surface area contributed by atoms with E-state index in [9.17, 15) is 29.1 Å². The molecule has 2 aromatic carbocycles. The van der Waals surface area contributed by atoms with Crippen LogP contribution in [0.5, 0.6) is 0 Å². The molecule has 0 saturated carbocycles. The second kappa shape index (κ2) is 16.4. The molecule has 12 N–H and O–H groups in total. The molecule has 15 nitrogen and oxygen atoms in total. The predicted octanol–water partition coefficient (Wildman–Crippen LogP) is -0.652. The van der Waals surface area contributed by atoms with Crippen LogP contribution in [0.3, 0.4) is 0 Å². The molecule has 1 heterocycles. The fourth-order valence-electron chi connectivity index (χ4n) is 4.66. The Hall–Kier alpha value is -5.44. The normalized spacial score (nSPS) is 13.5. The highest BCUT2D eigenvalue weighted by atomic mass is 16.4. The van der Waals surface area contributed by atoms with Crippen molar-refractivity contribution in [3.63, 3.8) is 0 Å². The van der Waals surface area contributed by atoms with Crippen molar-refractivity contribution in [1.29, 1.82) is 0 Å². The van der Waals surface area contributed by atoms with Crippen LogP contribution in [-0.4, -0.2) is 81.5 Å². The zero-order chi connectivity index (χ0) is 32.9. The zero-order valence-corrected chi connectivity index (χ0v) is 24.4. The number of hydrogen-bond acceptors (Lipinski definition) is 7. The van der Waals surface area contributed by atoms with Gasteiger partial charge in [-0.05, 0) is 36.5 Å². The summed E-state index contributed by atoms with van der Waals surface area (Å²) in [6, 6.07) is 11.3. The molecule has 4 atom stereocenters. The van der Waals surface area contributed by atoms with E-state index in [2.05, 4.69) is 25.9 Å². The van der Waals surface area contributed by atoms with Crippen molar-refractivity contribution in [1.82, 2.24) is 20.9 Å². The molecule has 0 fully saturated rings. The molecule has 15 heteroatoms. The number of nitrogens with zero attached hydrogens (tertiary/aromatic N) is 1. The molecule has 0 aliphatic rings. The van der Waals surface area contributed by atoms with Gasteiger partial charge in [-0.1, -0.05) is 48.5 Å². The van der Waals surface area contributed by atoms with Crippen LogP contribution in [0.15, 0.2) is 65.8 Å². The first-order valence-corrected chi connectivity index (χ1v) is 14.2. The monoisotopic (exact) mass is 622 g/mol. The lowest BCUT2D eigenvalue weighted by Gasteiger charge is -2.25. The van der Waals surface area contributed by atoms with Crippen LogP contribution in [0.1, 0.15) is 30.4 Å². The smallest absolute Gasteiger partial charge is 0.326 e. The molecule has 0 aliphatic heterocycles. The number of carboxylic acids is 2. The van der Waals surface area contributed by atoms with Crippen molar-refractivity contribution in [3.05, 3.63) is 71.9 Å². The van der Waals surface area contributed by atoms with Gasteiger partial charge in [-0.15, -0.1) is 0 Å². The van der Waals surface area contributed by atoms with Crippen LogP contribution < -0.4 is 33.2 Å². The van der Waals surface area contributed by atoms with E-state index in [1.807, 2.05) is 54.6 Å².